The number of amides is 1. The van der Waals surface area contributed by atoms with Crippen molar-refractivity contribution < 1.29 is 13.2 Å². The van der Waals surface area contributed by atoms with Crippen LogP contribution in [0.4, 0.5) is 5.69 Å². The predicted molar refractivity (Wildman–Crippen MR) is 119 cm³/mol. The molecular weight excluding hydrogens is 396 g/mol. The van der Waals surface area contributed by atoms with E-state index in [0.29, 0.717) is 24.3 Å². The maximum Gasteiger partial charge on any atom is 0.256 e. The normalized spacial score (nSPS) is 14.9. The molecule has 1 fully saturated rings. The molecule has 154 valence electrons. The molecule has 30 heavy (non-hydrogen) atoms. The lowest BCUT2D eigenvalue weighted by atomic mass is 9.99. The quantitative estimate of drug-likeness (QED) is 0.646. The first-order chi connectivity index (χ1) is 14.6. The van der Waals surface area contributed by atoms with Crippen molar-refractivity contribution in [2.75, 3.05) is 18.4 Å². The van der Waals surface area contributed by atoms with Crippen molar-refractivity contribution in [1.82, 2.24) is 4.31 Å². The van der Waals surface area contributed by atoms with Crippen molar-refractivity contribution in [2.45, 2.75) is 24.2 Å². The number of carbonyl (C=O) groups excluding carboxylic acids is 1. The number of rotatable bonds is 5. The average molecular weight is 421 g/mol. The van der Waals surface area contributed by atoms with Gasteiger partial charge in [0.05, 0.1) is 4.90 Å². The first-order valence-corrected chi connectivity index (χ1v) is 11.6. The molecule has 0 aliphatic carbocycles. The molecule has 1 heterocycles. The van der Waals surface area contributed by atoms with Gasteiger partial charge in [0.25, 0.3) is 5.91 Å². The fourth-order valence-corrected chi connectivity index (χ4v) is 5.30. The number of piperidine rings is 1. The maximum absolute atomic E-state index is 13.0. The molecule has 0 saturated carbocycles. The number of benzene rings is 3. The van der Waals surface area contributed by atoms with Gasteiger partial charge in [0, 0.05) is 24.3 Å². The Hall–Kier alpha value is -2.96. The van der Waals surface area contributed by atoms with Crippen LogP contribution in [0.2, 0.25) is 0 Å². The van der Waals surface area contributed by atoms with Crippen LogP contribution >= 0.6 is 0 Å². The molecular formula is C24H24N2O3S. The first kappa shape index (κ1) is 20.3. The van der Waals surface area contributed by atoms with Gasteiger partial charge in [-0.2, -0.15) is 4.31 Å². The van der Waals surface area contributed by atoms with Crippen molar-refractivity contribution in [3.05, 3.63) is 84.4 Å². The Morgan fingerprint density at radius 3 is 2.27 bits per heavy atom. The number of anilines is 1. The number of carbonyl (C=O) groups is 1. The van der Waals surface area contributed by atoms with Gasteiger partial charge in [-0.3, -0.25) is 4.79 Å². The van der Waals surface area contributed by atoms with Gasteiger partial charge >= 0.3 is 0 Å². The number of sulfonamides is 1. The fourth-order valence-electron chi connectivity index (χ4n) is 3.74. The van der Waals surface area contributed by atoms with E-state index in [4.69, 9.17) is 0 Å². The highest BCUT2D eigenvalue weighted by Crippen LogP contribution is 2.26. The molecule has 3 aromatic carbocycles. The maximum atomic E-state index is 13.0. The van der Waals surface area contributed by atoms with Gasteiger partial charge in [-0.05, 0) is 48.2 Å². The van der Waals surface area contributed by atoms with E-state index in [1.807, 2.05) is 48.5 Å². The molecule has 3 aromatic rings. The van der Waals surface area contributed by atoms with E-state index in [1.165, 1.54) is 10.4 Å². The number of nitrogens with one attached hydrogen (secondary N) is 1. The molecule has 1 N–H and O–H groups in total. The predicted octanol–water partition coefficient (Wildman–Crippen LogP) is 4.78. The Bertz CT molecular complexity index is 1140. The van der Waals surface area contributed by atoms with Crippen LogP contribution in [0.25, 0.3) is 11.1 Å². The zero-order valence-electron chi connectivity index (χ0n) is 16.6. The van der Waals surface area contributed by atoms with Gasteiger partial charge in [-0.25, -0.2) is 8.42 Å². The minimum absolute atomic E-state index is 0.207. The Morgan fingerprint density at radius 2 is 1.50 bits per heavy atom. The number of nitrogens with zero attached hydrogens (tertiary/aromatic N) is 1. The third-order valence-corrected chi connectivity index (χ3v) is 7.20. The second-order valence-corrected chi connectivity index (χ2v) is 9.30. The smallest absolute Gasteiger partial charge is 0.256 e. The lowest BCUT2D eigenvalue weighted by Crippen LogP contribution is -2.35. The van der Waals surface area contributed by atoms with E-state index in [0.717, 1.165) is 30.4 Å². The van der Waals surface area contributed by atoms with Crippen LogP contribution in [-0.4, -0.2) is 31.7 Å². The van der Waals surface area contributed by atoms with Gasteiger partial charge in [0.15, 0.2) is 0 Å². The summed E-state index contributed by atoms with van der Waals surface area (Å²) >= 11 is 0. The fraction of sp³-hybridized carbons (Fsp3) is 0.208. The molecule has 1 aliphatic heterocycles. The van der Waals surface area contributed by atoms with E-state index in [2.05, 4.69) is 5.32 Å². The number of hydrogen-bond acceptors (Lipinski definition) is 3. The van der Waals surface area contributed by atoms with Crippen LogP contribution < -0.4 is 5.32 Å². The second kappa shape index (κ2) is 8.81. The summed E-state index contributed by atoms with van der Waals surface area (Å²) in [4.78, 5) is 13.2. The van der Waals surface area contributed by atoms with Gasteiger partial charge in [-0.1, -0.05) is 61.0 Å². The van der Waals surface area contributed by atoms with E-state index in [9.17, 15) is 13.2 Å². The Labute approximate surface area is 177 Å². The molecule has 0 radical (unpaired) electrons. The summed E-state index contributed by atoms with van der Waals surface area (Å²) in [7, 11) is -3.55. The number of hydrogen-bond donors (Lipinski definition) is 1. The summed E-state index contributed by atoms with van der Waals surface area (Å²) in [6.45, 7) is 1.09. The molecule has 1 aliphatic rings. The third kappa shape index (κ3) is 4.30. The summed E-state index contributed by atoms with van der Waals surface area (Å²) < 4.78 is 27.4. The summed E-state index contributed by atoms with van der Waals surface area (Å²) in [6, 6.07) is 23.6. The largest absolute Gasteiger partial charge is 0.322 e. The van der Waals surface area contributed by atoms with Gasteiger partial charge in [0.2, 0.25) is 10.0 Å². The molecule has 1 saturated heterocycles. The van der Waals surface area contributed by atoms with Crippen LogP contribution in [0.5, 0.6) is 0 Å². The standard InChI is InChI=1S/C24H24N2O3S/c27-24(23-15-6-5-14-22(23)19-10-3-1-4-11-19)25-20-12-9-13-21(18-20)30(28,29)26-16-7-2-8-17-26/h1,3-6,9-15,18H,2,7-8,16-17H2,(H,25,27). The molecule has 5 nitrogen and oxygen atoms in total. The van der Waals surface area contributed by atoms with E-state index >= 15 is 0 Å². The van der Waals surface area contributed by atoms with E-state index in [-0.39, 0.29) is 10.8 Å². The van der Waals surface area contributed by atoms with Crippen molar-refractivity contribution >= 4 is 21.6 Å². The average Bonchev–Trinajstić information content (AvgIpc) is 2.80. The van der Waals surface area contributed by atoms with E-state index in [1.54, 1.807) is 24.3 Å². The first-order valence-electron chi connectivity index (χ1n) is 10.1. The van der Waals surface area contributed by atoms with Crippen LogP contribution in [0.1, 0.15) is 29.6 Å². The Balaban J connectivity index is 1.59. The third-order valence-electron chi connectivity index (χ3n) is 5.30. The molecule has 0 aromatic heterocycles. The highest BCUT2D eigenvalue weighted by atomic mass is 32.2. The van der Waals surface area contributed by atoms with Gasteiger partial charge < -0.3 is 5.32 Å². The van der Waals surface area contributed by atoms with Gasteiger partial charge in [0.1, 0.15) is 0 Å². The summed E-state index contributed by atoms with van der Waals surface area (Å²) in [5, 5.41) is 2.86. The summed E-state index contributed by atoms with van der Waals surface area (Å²) in [6.07, 6.45) is 2.82. The minimum Gasteiger partial charge on any atom is -0.322 e. The molecule has 0 spiro atoms. The van der Waals surface area contributed by atoms with Crippen molar-refractivity contribution in [1.29, 1.82) is 0 Å². The van der Waals surface area contributed by atoms with Crippen molar-refractivity contribution in [3.8, 4) is 11.1 Å². The lowest BCUT2D eigenvalue weighted by molar-refractivity contribution is 0.102. The molecule has 0 unspecified atom stereocenters. The minimum atomic E-state index is -3.55. The molecule has 1 amide bonds. The second-order valence-electron chi connectivity index (χ2n) is 7.36. The molecule has 6 heteroatoms. The molecule has 0 bridgehead atoms. The zero-order chi connectivity index (χ0) is 21.0. The summed E-state index contributed by atoms with van der Waals surface area (Å²) in [5.74, 6) is -0.276. The SMILES string of the molecule is O=C(Nc1cccc(S(=O)(=O)N2CCCCC2)c1)c1ccccc1-c1ccccc1. The topological polar surface area (TPSA) is 66.5 Å². The molecule has 0 atom stereocenters. The Morgan fingerprint density at radius 1 is 0.800 bits per heavy atom. The Kier molecular flexibility index (Phi) is 5.97. The van der Waals surface area contributed by atoms with Gasteiger partial charge in [-0.15, -0.1) is 0 Å². The van der Waals surface area contributed by atoms with Crippen LogP contribution in [0.3, 0.4) is 0 Å². The highest BCUT2D eigenvalue weighted by molar-refractivity contribution is 7.89. The van der Waals surface area contributed by atoms with E-state index < -0.39 is 10.0 Å². The van der Waals surface area contributed by atoms with Crippen molar-refractivity contribution in [3.63, 3.8) is 0 Å². The zero-order valence-corrected chi connectivity index (χ0v) is 17.4. The summed E-state index contributed by atoms with van der Waals surface area (Å²) in [5.41, 5.74) is 2.77. The van der Waals surface area contributed by atoms with Crippen LogP contribution in [0.15, 0.2) is 83.8 Å². The lowest BCUT2D eigenvalue weighted by Gasteiger charge is -2.26. The van der Waals surface area contributed by atoms with Crippen LogP contribution in [0, 0.1) is 0 Å². The molecule has 4 rings (SSSR count). The van der Waals surface area contributed by atoms with Crippen LogP contribution in [-0.2, 0) is 10.0 Å². The highest BCUT2D eigenvalue weighted by Gasteiger charge is 2.26. The van der Waals surface area contributed by atoms with Crippen molar-refractivity contribution in [2.24, 2.45) is 0 Å². The monoisotopic (exact) mass is 420 g/mol.